The lowest BCUT2D eigenvalue weighted by Gasteiger charge is -2.43. The van der Waals surface area contributed by atoms with Crippen LogP contribution in [0, 0.1) is 5.92 Å². The van der Waals surface area contributed by atoms with Crippen molar-refractivity contribution in [3.63, 3.8) is 0 Å². The second-order valence-electron chi connectivity index (χ2n) is 7.67. The van der Waals surface area contributed by atoms with Crippen LogP contribution in [0.15, 0.2) is 41.0 Å². The van der Waals surface area contributed by atoms with E-state index in [2.05, 4.69) is 26.2 Å². The number of fused-ring (bicyclic) bond motifs is 1. The van der Waals surface area contributed by atoms with Gasteiger partial charge in [0, 0.05) is 38.6 Å². The van der Waals surface area contributed by atoms with Crippen LogP contribution in [0.3, 0.4) is 0 Å². The Labute approximate surface area is 163 Å². The van der Waals surface area contributed by atoms with Gasteiger partial charge in [-0.1, -0.05) is 24.3 Å². The van der Waals surface area contributed by atoms with Crippen molar-refractivity contribution in [3.8, 4) is 11.1 Å². The molecule has 0 unspecified atom stereocenters. The summed E-state index contributed by atoms with van der Waals surface area (Å²) in [6.07, 6.45) is 0. The molecule has 0 atom stereocenters. The van der Waals surface area contributed by atoms with Gasteiger partial charge in [0.05, 0.1) is 25.5 Å². The van der Waals surface area contributed by atoms with Crippen LogP contribution >= 0.6 is 0 Å². The third-order valence-corrected chi connectivity index (χ3v) is 5.73. The fourth-order valence-corrected chi connectivity index (χ4v) is 4.11. The number of morpholine rings is 1. The van der Waals surface area contributed by atoms with Gasteiger partial charge in [-0.05, 0) is 39.1 Å². The molecule has 3 heterocycles. The van der Waals surface area contributed by atoms with E-state index in [0.29, 0.717) is 5.92 Å². The maximum Gasteiger partial charge on any atom is 0.158 e. The van der Waals surface area contributed by atoms with Crippen LogP contribution in [0.2, 0.25) is 0 Å². The molecular weight excluding hydrogens is 356 g/mol. The highest BCUT2D eigenvalue weighted by Crippen LogP contribution is 2.35. The third-order valence-electron chi connectivity index (χ3n) is 5.73. The van der Waals surface area contributed by atoms with Crippen molar-refractivity contribution in [2.24, 2.45) is 5.92 Å². The number of aliphatic hydroxyl groups is 1. The molecule has 0 spiro atoms. The van der Waals surface area contributed by atoms with Gasteiger partial charge in [0.2, 0.25) is 0 Å². The van der Waals surface area contributed by atoms with Gasteiger partial charge in [0.15, 0.2) is 5.52 Å². The molecule has 2 saturated heterocycles. The van der Waals surface area contributed by atoms with E-state index >= 15 is 0 Å². The van der Waals surface area contributed by atoms with Crippen molar-refractivity contribution in [2.75, 3.05) is 50.8 Å². The van der Waals surface area contributed by atoms with Crippen LogP contribution in [-0.4, -0.2) is 66.3 Å². The minimum Gasteiger partial charge on any atom is -0.392 e. The summed E-state index contributed by atoms with van der Waals surface area (Å²) in [6, 6.07) is 12.1. The highest BCUT2D eigenvalue weighted by atomic mass is 16.6. The van der Waals surface area contributed by atoms with E-state index in [9.17, 15) is 5.11 Å². The molecule has 146 valence electrons. The summed E-state index contributed by atoms with van der Waals surface area (Å²) in [4.78, 5) is 4.86. The fraction of sp³-hybridized carbons (Fsp3) is 0.429. The lowest BCUT2D eigenvalue weighted by molar-refractivity contribution is 0.0286. The van der Waals surface area contributed by atoms with E-state index in [1.807, 2.05) is 30.3 Å². The standard InChI is InChI=1S/C21H24N4O3/c26-14-15-1-3-17(4-2-15)18-9-19-21(23-28-22-19)20(10-18)25-12-16(13-25)11-24-5-7-27-8-6-24/h1-4,9-10,16,26H,5-8,11-14H2. The van der Waals surface area contributed by atoms with Crippen molar-refractivity contribution in [2.45, 2.75) is 6.61 Å². The SMILES string of the molecule is OCc1ccc(-c2cc(N3CC(CN4CCOCC4)C3)c3nonc3c2)cc1. The summed E-state index contributed by atoms with van der Waals surface area (Å²) < 4.78 is 10.5. The average Bonchev–Trinajstić information content (AvgIpc) is 3.19. The van der Waals surface area contributed by atoms with E-state index in [1.54, 1.807) is 0 Å². The molecule has 28 heavy (non-hydrogen) atoms. The number of ether oxygens (including phenoxy) is 1. The van der Waals surface area contributed by atoms with Gasteiger partial charge in [-0.3, -0.25) is 4.90 Å². The summed E-state index contributed by atoms with van der Waals surface area (Å²) in [5.41, 5.74) is 5.75. The van der Waals surface area contributed by atoms with Gasteiger partial charge in [0.1, 0.15) is 5.52 Å². The molecule has 0 radical (unpaired) electrons. The summed E-state index contributed by atoms with van der Waals surface area (Å²) in [6.45, 7) is 6.98. The molecule has 2 aliphatic rings. The molecule has 7 nitrogen and oxygen atoms in total. The lowest BCUT2D eigenvalue weighted by Crippen LogP contribution is -2.53. The monoisotopic (exact) mass is 380 g/mol. The summed E-state index contributed by atoms with van der Waals surface area (Å²) in [7, 11) is 0. The quantitative estimate of drug-likeness (QED) is 0.727. The van der Waals surface area contributed by atoms with Gasteiger partial charge in [-0.25, -0.2) is 4.63 Å². The number of anilines is 1. The topological polar surface area (TPSA) is 74.9 Å². The minimum atomic E-state index is 0.0517. The molecule has 0 amide bonds. The zero-order valence-corrected chi connectivity index (χ0v) is 15.8. The van der Waals surface area contributed by atoms with Crippen LogP contribution in [0.4, 0.5) is 5.69 Å². The zero-order chi connectivity index (χ0) is 18.9. The van der Waals surface area contributed by atoms with Crippen molar-refractivity contribution in [1.29, 1.82) is 0 Å². The summed E-state index contributed by atoms with van der Waals surface area (Å²) in [5, 5.41) is 17.5. The first kappa shape index (κ1) is 17.6. The molecule has 5 rings (SSSR count). The smallest absolute Gasteiger partial charge is 0.158 e. The Morgan fingerprint density at radius 2 is 1.79 bits per heavy atom. The van der Waals surface area contributed by atoms with Gasteiger partial charge in [-0.2, -0.15) is 0 Å². The summed E-state index contributed by atoms with van der Waals surface area (Å²) >= 11 is 0. The molecule has 0 aliphatic carbocycles. The van der Waals surface area contributed by atoms with Crippen molar-refractivity contribution < 1.29 is 14.5 Å². The first-order chi connectivity index (χ1) is 13.8. The molecule has 0 bridgehead atoms. The predicted molar refractivity (Wildman–Crippen MR) is 106 cm³/mol. The Bertz CT molecular complexity index is 944. The average molecular weight is 380 g/mol. The normalized spacial score (nSPS) is 18.5. The lowest BCUT2D eigenvalue weighted by atomic mass is 9.96. The van der Waals surface area contributed by atoms with Crippen LogP contribution in [0.5, 0.6) is 0 Å². The molecule has 2 aromatic carbocycles. The van der Waals surface area contributed by atoms with E-state index in [-0.39, 0.29) is 6.61 Å². The number of hydrogen-bond acceptors (Lipinski definition) is 7. The summed E-state index contributed by atoms with van der Waals surface area (Å²) in [5.74, 6) is 0.667. The maximum absolute atomic E-state index is 9.26. The minimum absolute atomic E-state index is 0.0517. The van der Waals surface area contributed by atoms with Gasteiger partial charge in [0.25, 0.3) is 0 Å². The first-order valence-electron chi connectivity index (χ1n) is 9.82. The van der Waals surface area contributed by atoms with Crippen molar-refractivity contribution in [3.05, 3.63) is 42.0 Å². The van der Waals surface area contributed by atoms with Crippen LogP contribution in [-0.2, 0) is 11.3 Å². The first-order valence-corrected chi connectivity index (χ1v) is 9.82. The third kappa shape index (κ3) is 3.37. The highest BCUT2D eigenvalue weighted by molar-refractivity contribution is 5.93. The van der Waals surface area contributed by atoms with E-state index in [0.717, 1.165) is 79.3 Å². The maximum atomic E-state index is 9.26. The molecule has 3 aromatic rings. The fourth-order valence-electron chi connectivity index (χ4n) is 4.11. The Kier molecular flexibility index (Phi) is 4.72. The number of aromatic nitrogens is 2. The van der Waals surface area contributed by atoms with Crippen LogP contribution in [0.25, 0.3) is 22.2 Å². The van der Waals surface area contributed by atoms with E-state index in [4.69, 9.17) is 9.37 Å². The van der Waals surface area contributed by atoms with E-state index in [1.165, 1.54) is 0 Å². The molecule has 1 aromatic heterocycles. The van der Waals surface area contributed by atoms with Crippen LogP contribution in [0.1, 0.15) is 5.56 Å². The van der Waals surface area contributed by atoms with Crippen molar-refractivity contribution >= 4 is 16.7 Å². The van der Waals surface area contributed by atoms with Crippen LogP contribution < -0.4 is 4.90 Å². The number of aliphatic hydroxyl groups excluding tert-OH is 1. The molecule has 0 saturated carbocycles. The number of nitrogens with zero attached hydrogens (tertiary/aromatic N) is 4. The Hall–Kier alpha value is -2.48. The molecule has 7 heteroatoms. The second-order valence-corrected chi connectivity index (χ2v) is 7.67. The molecular formula is C21H24N4O3. The Morgan fingerprint density at radius 3 is 2.54 bits per heavy atom. The van der Waals surface area contributed by atoms with Crippen molar-refractivity contribution in [1.82, 2.24) is 15.2 Å². The molecule has 2 fully saturated rings. The predicted octanol–water partition coefficient (Wildman–Crippen LogP) is 2.15. The number of benzene rings is 2. The Balaban J connectivity index is 1.36. The Morgan fingerprint density at radius 1 is 1.00 bits per heavy atom. The molecule has 1 N–H and O–H groups in total. The largest absolute Gasteiger partial charge is 0.392 e. The number of rotatable bonds is 5. The second kappa shape index (κ2) is 7.50. The number of hydrogen-bond donors (Lipinski definition) is 1. The van der Waals surface area contributed by atoms with Gasteiger partial charge < -0.3 is 14.7 Å². The van der Waals surface area contributed by atoms with Gasteiger partial charge in [-0.15, -0.1) is 0 Å². The van der Waals surface area contributed by atoms with E-state index < -0.39 is 0 Å². The van der Waals surface area contributed by atoms with Gasteiger partial charge >= 0.3 is 0 Å². The zero-order valence-electron chi connectivity index (χ0n) is 15.8. The molecule has 2 aliphatic heterocycles. The highest BCUT2D eigenvalue weighted by Gasteiger charge is 2.31.